The Kier molecular flexibility index (Phi) is 4.74. The highest BCUT2D eigenvalue weighted by molar-refractivity contribution is 4.94. The van der Waals surface area contributed by atoms with Crippen molar-refractivity contribution in [2.75, 3.05) is 45.9 Å². The van der Waals surface area contributed by atoms with Gasteiger partial charge in [0, 0.05) is 37.8 Å². The van der Waals surface area contributed by atoms with Gasteiger partial charge in [0.2, 0.25) is 0 Å². The van der Waals surface area contributed by atoms with Gasteiger partial charge in [-0.1, -0.05) is 6.92 Å². The molecule has 0 spiro atoms. The number of ether oxygens (including phenoxy) is 1. The third-order valence-electron chi connectivity index (χ3n) is 5.11. The molecule has 0 aromatic heterocycles. The van der Waals surface area contributed by atoms with Gasteiger partial charge in [0.15, 0.2) is 0 Å². The second kappa shape index (κ2) is 6.53. The van der Waals surface area contributed by atoms with Crippen LogP contribution in [-0.2, 0) is 4.74 Å². The molecular formula is C15H29N3O. The zero-order chi connectivity index (χ0) is 13.1. The maximum atomic E-state index is 5.74. The average Bonchev–Trinajstić information content (AvgIpc) is 3.11. The fourth-order valence-corrected chi connectivity index (χ4v) is 4.06. The summed E-state index contributed by atoms with van der Waals surface area (Å²) in [6.45, 7) is 10.3. The van der Waals surface area contributed by atoms with E-state index < -0.39 is 0 Å². The van der Waals surface area contributed by atoms with Crippen molar-refractivity contribution in [1.29, 1.82) is 0 Å². The lowest BCUT2D eigenvalue weighted by Crippen LogP contribution is -2.55. The molecule has 3 atom stereocenters. The van der Waals surface area contributed by atoms with Crippen LogP contribution in [0.15, 0.2) is 0 Å². The zero-order valence-electron chi connectivity index (χ0n) is 12.3. The van der Waals surface area contributed by atoms with Gasteiger partial charge in [-0.2, -0.15) is 0 Å². The summed E-state index contributed by atoms with van der Waals surface area (Å²) < 4.78 is 5.74. The van der Waals surface area contributed by atoms with Crippen LogP contribution in [-0.4, -0.2) is 73.9 Å². The van der Waals surface area contributed by atoms with Crippen molar-refractivity contribution in [3.8, 4) is 0 Å². The monoisotopic (exact) mass is 267 g/mol. The number of rotatable bonds is 4. The Morgan fingerprint density at radius 2 is 1.95 bits per heavy atom. The molecule has 0 aromatic carbocycles. The Morgan fingerprint density at radius 1 is 1.11 bits per heavy atom. The van der Waals surface area contributed by atoms with Crippen LogP contribution >= 0.6 is 0 Å². The summed E-state index contributed by atoms with van der Waals surface area (Å²) in [4.78, 5) is 5.40. The molecule has 19 heavy (non-hydrogen) atoms. The number of likely N-dealkylation sites (N-methyl/N-ethyl adjacent to an activating group) is 1. The molecule has 0 saturated carbocycles. The second-order valence-corrected chi connectivity index (χ2v) is 6.28. The van der Waals surface area contributed by atoms with Gasteiger partial charge in [-0.3, -0.25) is 9.80 Å². The fraction of sp³-hybridized carbons (Fsp3) is 1.00. The molecule has 0 bridgehead atoms. The zero-order valence-corrected chi connectivity index (χ0v) is 12.3. The SMILES string of the molecule is CCNC1CCOCC1N1CCC(N2CCCC2)C1. The van der Waals surface area contributed by atoms with Gasteiger partial charge in [-0.05, 0) is 45.3 Å². The minimum atomic E-state index is 0.598. The van der Waals surface area contributed by atoms with E-state index in [1.165, 1.54) is 51.9 Å². The minimum Gasteiger partial charge on any atom is -0.380 e. The largest absolute Gasteiger partial charge is 0.380 e. The number of hydrogen-bond acceptors (Lipinski definition) is 4. The van der Waals surface area contributed by atoms with Gasteiger partial charge >= 0.3 is 0 Å². The van der Waals surface area contributed by atoms with E-state index in [2.05, 4.69) is 22.0 Å². The Morgan fingerprint density at radius 3 is 2.74 bits per heavy atom. The van der Waals surface area contributed by atoms with Crippen LogP contribution < -0.4 is 5.32 Å². The topological polar surface area (TPSA) is 27.7 Å². The van der Waals surface area contributed by atoms with E-state index in [4.69, 9.17) is 4.74 Å². The summed E-state index contributed by atoms with van der Waals surface area (Å²) in [5.41, 5.74) is 0. The Labute approximate surface area is 117 Å². The van der Waals surface area contributed by atoms with Crippen molar-refractivity contribution >= 4 is 0 Å². The number of nitrogens with zero attached hydrogens (tertiary/aromatic N) is 2. The van der Waals surface area contributed by atoms with Gasteiger partial charge in [-0.15, -0.1) is 0 Å². The molecule has 0 amide bonds. The molecule has 3 aliphatic heterocycles. The van der Waals surface area contributed by atoms with Gasteiger partial charge in [0.1, 0.15) is 0 Å². The summed E-state index contributed by atoms with van der Waals surface area (Å²) in [6, 6.07) is 2.05. The van der Waals surface area contributed by atoms with Crippen molar-refractivity contribution < 1.29 is 4.74 Å². The summed E-state index contributed by atoms with van der Waals surface area (Å²) in [6.07, 6.45) is 5.34. The first-order valence-corrected chi connectivity index (χ1v) is 8.17. The molecule has 0 aromatic rings. The lowest BCUT2D eigenvalue weighted by molar-refractivity contribution is 0.00344. The van der Waals surface area contributed by atoms with Crippen molar-refractivity contribution in [1.82, 2.24) is 15.1 Å². The molecule has 3 aliphatic rings. The quantitative estimate of drug-likeness (QED) is 0.820. The lowest BCUT2D eigenvalue weighted by atomic mass is 10.0. The maximum absolute atomic E-state index is 5.74. The van der Waals surface area contributed by atoms with Gasteiger partial charge in [0.25, 0.3) is 0 Å². The molecule has 3 rings (SSSR count). The van der Waals surface area contributed by atoms with Crippen molar-refractivity contribution in [3.63, 3.8) is 0 Å². The summed E-state index contributed by atoms with van der Waals surface area (Å²) in [5.74, 6) is 0. The van der Waals surface area contributed by atoms with Gasteiger partial charge in [0.05, 0.1) is 6.61 Å². The molecule has 4 heteroatoms. The molecule has 1 N–H and O–H groups in total. The fourth-order valence-electron chi connectivity index (χ4n) is 4.06. The van der Waals surface area contributed by atoms with Crippen LogP contribution in [0.1, 0.15) is 32.6 Å². The second-order valence-electron chi connectivity index (χ2n) is 6.28. The first kappa shape index (κ1) is 13.8. The molecule has 0 aliphatic carbocycles. The van der Waals surface area contributed by atoms with E-state index in [1.54, 1.807) is 0 Å². The summed E-state index contributed by atoms with van der Waals surface area (Å²) in [7, 11) is 0. The van der Waals surface area contributed by atoms with E-state index in [9.17, 15) is 0 Å². The molecule has 3 fully saturated rings. The highest BCUT2D eigenvalue weighted by Crippen LogP contribution is 2.24. The standard InChI is InChI=1S/C15H29N3O/c1-2-16-14-6-10-19-12-15(14)18-9-5-13(11-18)17-7-3-4-8-17/h13-16H,2-12H2,1H3. The molecule has 3 saturated heterocycles. The number of hydrogen-bond donors (Lipinski definition) is 1. The van der Waals surface area contributed by atoms with Crippen molar-refractivity contribution in [3.05, 3.63) is 0 Å². The first-order chi connectivity index (χ1) is 9.38. The predicted octanol–water partition coefficient (Wildman–Crippen LogP) is 0.924. The molecule has 110 valence electrons. The van der Waals surface area contributed by atoms with E-state index in [0.29, 0.717) is 12.1 Å². The summed E-state index contributed by atoms with van der Waals surface area (Å²) in [5, 5.41) is 3.66. The third kappa shape index (κ3) is 3.13. The van der Waals surface area contributed by atoms with Crippen molar-refractivity contribution in [2.24, 2.45) is 0 Å². The van der Waals surface area contributed by atoms with Crippen LogP contribution in [0, 0.1) is 0 Å². The van der Waals surface area contributed by atoms with Crippen LogP contribution in [0.2, 0.25) is 0 Å². The van der Waals surface area contributed by atoms with E-state index in [-0.39, 0.29) is 0 Å². The highest BCUT2D eigenvalue weighted by Gasteiger charge is 2.36. The third-order valence-corrected chi connectivity index (χ3v) is 5.11. The highest BCUT2D eigenvalue weighted by atomic mass is 16.5. The molecule has 3 unspecified atom stereocenters. The van der Waals surface area contributed by atoms with Gasteiger partial charge < -0.3 is 10.1 Å². The Hall–Kier alpha value is -0.160. The average molecular weight is 267 g/mol. The van der Waals surface area contributed by atoms with Crippen LogP contribution in [0.3, 0.4) is 0 Å². The van der Waals surface area contributed by atoms with E-state index in [1.807, 2.05) is 0 Å². The van der Waals surface area contributed by atoms with Crippen LogP contribution in [0.25, 0.3) is 0 Å². The molecular weight excluding hydrogens is 238 g/mol. The maximum Gasteiger partial charge on any atom is 0.0637 e. The summed E-state index contributed by atoms with van der Waals surface area (Å²) >= 11 is 0. The molecule has 4 nitrogen and oxygen atoms in total. The Bertz CT molecular complexity index is 279. The molecule has 3 heterocycles. The normalized spacial score (nSPS) is 38.1. The van der Waals surface area contributed by atoms with Gasteiger partial charge in [-0.25, -0.2) is 0 Å². The number of nitrogens with one attached hydrogen (secondary N) is 1. The van der Waals surface area contributed by atoms with Crippen LogP contribution in [0.4, 0.5) is 0 Å². The lowest BCUT2D eigenvalue weighted by Gasteiger charge is -2.38. The van der Waals surface area contributed by atoms with E-state index >= 15 is 0 Å². The van der Waals surface area contributed by atoms with E-state index in [0.717, 1.165) is 25.8 Å². The van der Waals surface area contributed by atoms with Crippen LogP contribution in [0.5, 0.6) is 0 Å². The number of likely N-dealkylation sites (tertiary alicyclic amines) is 2. The molecule has 0 radical (unpaired) electrons. The first-order valence-electron chi connectivity index (χ1n) is 8.17. The smallest absolute Gasteiger partial charge is 0.0637 e. The Balaban J connectivity index is 1.56. The van der Waals surface area contributed by atoms with Crippen molar-refractivity contribution in [2.45, 2.75) is 50.7 Å². The predicted molar refractivity (Wildman–Crippen MR) is 77.5 cm³/mol. The minimum absolute atomic E-state index is 0.598.